The summed E-state index contributed by atoms with van der Waals surface area (Å²) in [5.74, 6) is 0.738. The number of carbonyl (C=O) groups excluding carboxylic acids is 1. The van der Waals surface area contributed by atoms with Crippen LogP contribution >= 0.6 is 0 Å². The highest BCUT2D eigenvalue weighted by atomic mass is 16.5. The summed E-state index contributed by atoms with van der Waals surface area (Å²) in [6.07, 6.45) is 2.33. The first-order chi connectivity index (χ1) is 15.4. The first kappa shape index (κ1) is 20.7. The number of aromatic nitrogens is 2. The van der Waals surface area contributed by atoms with Crippen LogP contribution in [0.15, 0.2) is 28.7 Å². The molecular formula is C23H28N6O3. The molecule has 1 amide bonds. The van der Waals surface area contributed by atoms with Gasteiger partial charge in [-0.3, -0.25) is 4.79 Å². The molecule has 2 aliphatic rings. The number of furan rings is 1. The summed E-state index contributed by atoms with van der Waals surface area (Å²) in [6, 6.07) is 7.78. The molecule has 3 atom stereocenters. The highest BCUT2D eigenvalue weighted by molar-refractivity contribution is 6.04. The highest BCUT2D eigenvalue weighted by Crippen LogP contribution is 2.29. The number of anilines is 2. The van der Waals surface area contributed by atoms with Crippen LogP contribution in [0.25, 0.3) is 11.1 Å². The molecule has 0 radical (unpaired) electrons. The topological polar surface area (TPSA) is 133 Å². The first-order valence-electron chi connectivity index (χ1n) is 10.9. The van der Waals surface area contributed by atoms with Gasteiger partial charge in [0.25, 0.3) is 5.91 Å². The number of nitrogens with one attached hydrogen (secondary N) is 1. The van der Waals surface area contributed by atoms with Crippen molar-refractivity contribution >= 4 is 28.5 Å². The number of nitrogen functional groups attached to an aromatic ring is 1. The number of fused-ring (bicyclic) bond motifs is 2. The Balaban J connectivity index is 1.28. The molecule has 1 fully saturated rings. The fraction of sp³-hybridized carbons (Fsp3) is 0.435. The average molecular weight is 437 g/mol. The Morgan fingerprint density at radius 1 is 1.25 bits per heavy atom. The molecule has 1 saturated heterocycles. The van der Waals surface area contributed by atoms with E-state index in [0.717, 1.165) is 48.7 Å². The Hall–Kier alpha value is -3.17. The Kier molecular flexibility index (Phi) is 5.22. The second-order valence-electron chi connectivity index (χ2n) is 8.68. The van der Waals surface area contributed by atoms with Gasteiger partial charge in [0.05, 0.1) is 23.2 Å². The maximum Gasteiger partial charge on any atom is 0.289 e. The minimum atomic E-state index is -0.312. The second kappa shape index (κ2) is 8.07. The molecule has 5 rings (SSSR count). The van der Waals surface area contributed by atoms with Crippen molar-refractivity contribution in [3.63, 3.8) is 0 Å². The lowest BCUT2D eigenvalue weighted by molar-refractivity contribution is 0.0908. The molecule has 5 N–H and O–H groups in total. The molecule has 9 heteroatoms. The molecule has 0 aromatic carbocycles. The number of hydrogen-bond donors (Lipinski definition) is 3. The third-order valence-electron chi connectivity index (χ3n) is 6.46. The number of ether oxygens (including phenoxy) is 1. The lowest BCUT2D eigenvalue weighted by Crippen LogP contribution is -2.39. The molecule has 168 valence electrons. The molecule has 3 aromatic heterocycles. The van der Waals surface area contributed by atoms with Crippen LogP contribution in [0.2, 0.25) is 0 Å². The lowest BCUT2D eigenvalue weighted by Gasteiger charge is -2.26. The van der Waals surface area contributed by atoms with Gasteiger partial charge in [0, 0.05) is 37.6 Å². The first-order valence-corrected chi connectivity index (χ1v) is 10.9. The van der Waals surface area contributed by atoms with Crippen LogP contribution in [0.1, 0.15) is 33.9 Å². The Morgan fingerprint density at radius 2 is 2.09 bits per heavy atom. The zero-order valence-electron chi connectivity index (χ0n) is 18.3. The van der Waals surface area contributed by atoms with E-state index < -0.39 is 0 Å². The monoisotopic (exact) mass is 436 g/mol. The number of amides is 1. The summed E-state index contributed by atoms with van der Waals surface area (Å²) >= 11 is 0. The Labute approximate surface area is 186 Å². The van der Waals surface area contributed by atoms with Crippen LogP contribution in [0, 0.1) is 6.92 Å². The van der Waals surface area contributed by atoms with Crippen LogP contribution in [0.5, 0.6) is 0 Å². The molecule has 1 aliphatic heterocycles. The number of nitrogens with two attached hydrogens (primary N) is 2. The molecule has 32 heavy (non-hydrogen) atoms. The van der Waals surface area contributed by atoms with Crippen molar-refractivity contribution in [1.29, 1.82) is 0 Å². The van der Waals surface area contributed by atoms with Gasteiger partial charge in [0.2, 0.25) is 11.5 Å². The number of methoxy groups -OCH3 is 1. The maximum absolute atomic E-state index is 12.9. The smallest absolute Gasteiger partial charge is 0.289 e. The summed E-state index contributed by atoms with van der Waals surface area (Å²) in [7, 11) is 1.69. The van der Waals surface area contributed by atoms with Crippen LogP contribution in [-0.4, -0.2) is 54.3 Å². The van der Waals surface area contributed by atoms with Gasteiger partial charge in [-0.2, -0.15) is 0 Å². The van der Waals surface area contributed by atoms with Crippen molar-refractivity contribution in [2.24, 2.45) is 5.73 Å². The van der Waals surface area contributed by atoms with E-state index in [0.29, 0.717) is 23.2 Å². The summed E-state index contributed by atoms with van der Waals surface area (Å²) in [4.78, 5) is 24.2. The molecule has 4 heterocycles. The Morgan fingerprint density at radius 3 is 2.88 bits per heavy atom. The lowest BCUT2D eigenvalue weighted by atomic mass is 9.91. The summed E-state index contributed by atoms with van der Waals surface area (Å²) in [5.41, 5.74) is 16.0. The molecule has 0 spiro atoms. The molecule has 0 bridgehead atoms. The van der Waals surface area contributed by atoms with Crippen molar-refractivity contribution < 1.29 is 13.9 Å². The summed E-state index contributed by atoms with van der Waals surface area (Å²) in [6.45, 7) is 3.34. The van der Waals surface area contributed by atoms with Crippen molar-refractivity contribution in [2.75, 3.05) is 30.8 Å². The van der Waals surface area contributed by atoms with Gasteiger partial charge in [-0.15, -0.1) is 0 Å². The predicted molar refractivity (Wildman–Crippen MR) is 122 cm³/mol. The average Bonchev–Trinajstić information content (AvgIpc) is 3.32. The summed E-state index contributed by atoms with van der Waals surface area (Å²) in [5, 5.41) is 3.73. The van der Waals surface area contributed by atoms with E-state index in [1.807, 2.05) is 25.1 Å². The van der Waals surface area contributed by atoms with Crippen molar-refractivity contribution in [1.82, 2.24) is 15.3 Å². The minimum Gasteiger partial charge on any atom is -0.430 e. The fourth-order valence-corrected chi connectivity index (χ4v) is 4.64. The third kappa shape index (κ3) is 3.67. The third-order valence-corrected chi connectivity index (χ3v) is 6.46. The van der Waals surface area contributed by atoms with E-state index >= 15 is 0 Å². The molecule has 0 saturated carbocycles. The maximum atomic E-state index is 12.9. The van der Waals surface area contributed by atoms with Crippen molar-refractivity contribution in [3.05, 3.63) is 47.0 Å². The number of hydrogen-bond acceptors (Lipinski definition) is 8. The predicted octanol–water partition coefficient (Wildman–Crippen LogP) is 1.56. The van der Waals surface area contributed by atoms with Gasteiger partial charge in [-0.1, -0.05) is 6.07 Å². The fourth-order valence-electron chi connectivity index (χ4n) is 4.64. The quantitative estimate of drug-likeness (QED) is 0.561. The zero-order valence-corrected chi connectivity index (χ0v) is 18.3. The van der Waals surface area contributed by atoms with E-state index in [1.165, 1.54) is 0 Å². The molecule has 9 nitrogen and oxygen atoms in total. The van der Waals surface area contributed by atoms with Crippen molar-refractivity contribution in [3.8, 4) is 0 Å². The summed E-state index contributed by atoms with van der Waals surface area (Å²) < 4.78 is 11.1. The van der Waals surface area contributed by atoms with Gasteiger partial charge in [0.1, 0.15) is 5.82 Å². The number of nitrogens with zero attached hydrogens (tertiary/aromatic N) is 3. The molecule has 0 unspecified atom stereocenters. The van der Waals surface area contributed by atoms with Crippen LogP contribution in [-0.2, 0) is 17.6 Å². The number of rotatable bonds is 4. The van der Waals surface area contributed by atoms with E-state index in [9.17, 15) is 4.79 Å². The van der Waals surface area contributed by atoms with Gasteiger partial charge in [-0.05, 0) is 49.9 Å². The largest absolute Gasteiger partial charge is 0.430 e. The van der Waals surface area contributed by atoms with E-state index in [4.69, 9.17) is 25.6 Å². The normalized spacial score (nSPS) is 22.8. The van der Waals surface area contributed by atoms with Gasteiger partial charge in [0.15, 0.2) is 0 Å². The van der Waals surface area contributed by atoms with E-state index in [-0.39, 0.29) is 29.9 Å². The minimum absolute atomic E-state index is 0.0111. The molecule has 3 aromatic rings. The van der Waals surface area contributed by atoms with E-state index in [1.54, 1.807) is 7.11 Å². The number of aryl methyl sites for hydroxylation is 2. The molecule has 1 aliphatic carbocycles. The second-order valence-corrected chi connectivity index (χ2v) is 8.68. The zero-order chi connectivity index (χ0) is 22.4. The van der Waals surface area contributed by atoms with E-state index in [2.05, 4.69) is 21.3 Å². The number of carbonyl (C=O) groups is 1. The Bertz CT molecular complexity index is 1180. The standard InChI is InChI=1S/C23H28N6O3/c1-12-3-6-15-20(25)21(32-23(15)26-12)22(30)27-14-5-7-17-13(9-14)4-8-19(28-17)29-10-16(24)18(11-29)31-2/h3-4,6,8,14,16,18H,5,7,9-11,24-25H2,1-2H3,(H,27,30)/t14-,16-,18-/m0/s1. The van der Waals surface area contributed by atoms with Gasteiger partial charge in [-0.25, -0.2) is 9.97 Å². The van der Waals surface area contributed by atoms with Gasteiger partial charge >= 0.3 is 0 Å². The van der Waals surface area contributed by atoms with Crippen molar-refractivity contribution in [2.45, 2.75) is 44.4 Å². The van der Waals surface area contributed by atoms with Crippen LogP contribution in [0.4, 0.5) is 11.5 Å². The van der Waals surface area contributed by atoms with Gasteiger partial charge < -0.3 is 30.8 Å². The highest BCUT2D eigenvalue weighted by Gasteiger charge is 2.32. The van der Waals surface area contributed by atoms with Crippen LogP contribution in [0.3, 0.4) is 0 Å². The van der Waals surface area contributed by atoms with Crippen LogP contribution < -0.4 is 21.7 Å². The number of pyridine rings is 2. The SMILES string of the molecule is CO[C@H]1CN(c2ccc3c(n2)CC[C@H](NC(=O)c2oc4nc(C)ccc4c2N)C3)C[C@@H]1N. The molecular weight excluding hydrogens is 408 g/mol.